The van der Waals surface area contributed by atoms with Crippen LogP contribution in [-0.4, -0.2) is 83.0 Å². The van der Waals surface area contributed by atoms with Gasteiger partial charge in [0, 0.05) is 70.0 Å². The Morgan fingerprint density at radius 3 is 2.64 bits per heavy atom. The number of anilines is 1. The smallest absolute Gasteiger partial charge is 0.254 e. The van der Waals surface area contributed by atoms with Crippen LogP contribution in [0.1, 0.15) is 53.2 Å². The standard InChI is InChI=1S/C29H38N4O3/c1-21(34)32-13-4-7-25(12-16-32)30-26-8-9-28-23(17-26)11-15-33(29(28)36)20-27(35)19-31-14-10-22-5-2-3-6-24(22)18-31/h2-3,5-6,8-9,17,25,27,30,35H,4,7,10-16,18-20H2,1H3. The van der Waals surface area contributed by atoms with E-state index in [1.54, 1.807) is 11.8 Å². The Hall–Kier alpha value is -2.90. The first-order valence-corrected chi connectivity index (χ1v) is 13.4. The molecule has 192 valence electrons. The van der Waals surface area contributed by atoms with Gasteiger partial charge in [0.2, 0.25) is 5.91 Å². The zero-order valence-electron chi connectivity index (χ0n) is 21.3. The molecule has 0 spiro atoms. The number of aliphatic hydroxyl groups is 1. The van der Waals surface area contributed by atoms with Crippen molar-refractivity contribution >= 4 is 17.5 Å². The van der Waals surface area contributed by atoms with Gasteiger partial charge in [0.1, 0.15) is 0 Å². The van der Waals surface area contributed by atoms with Crippen LogP contribution in [0.3, 0.4) is 0 Å². The largest absolute Gasteiger partial charge is 0.390 e. The minimum atomic E-state index is -0.563. The van der Waals surface area contributed by atoms with E-state index in [2.05, 4.69) is 40.5 Å². The molecule has 2 amide bonds. The Morgan fingerprint density at radius 2 is 1.81 bits per heavy atom. The van der Waals surface area contributed by atoms with Gasteiger partial charge in [-0.1, -0.05) is 24.3 Å². The quantitative estimate of drug-likeness (QED) is 0.651. The fourth-order valence-corrected chi connectivity index (χ4v) is 5.91. The number of aliphatic hydroxyl groups excluding tert-OH is 1. The Bertz CT molecular complexity index is 1100. The first-order chi connectivity index (χ1) is 17.5. The fourth-order valence-electron chi connectivity index (χ4n) is 5.91. The SMILES string of the molecule is CC(=O)N1CCCC(Nc2ccc3c(c2)CCN(CC(O)CN2CCc4ccccc4C2)C3=O)CC1. The summed E-state index contributed by atoms with van der Waals surface area (Å²) in [5, 5.41) is 14.4. The number of likely N-dealkylation sites (tertiary alicyclic amines) is 1. The molecule has 0 bridgehead atoms. The van der Waals surface area contributed by atoms with Gasteiger partial charge in [-0.3, -0.25) is 14.5 Å². The van der Waals surface area contributed by atoms with Crippen molar-refractivity contribution in [2.45, 2.75) is 57.7 Å². The molecule has 5 rings (SSSR count). The number of nitrogens with zero attached hydrogens (tertiary/aromatic N) is 3. The predicted octanol–water partition coefficient (Wildman–Crippen LogP) is 2.92. The van der Waals surface area contributed by atoms with E-state index in [1.165, 1.54) is 11.1 Å². The average Bonchev–Trinajstić information content (AvgIpc) is 3.11. The zero-order chi connectivity index (χ0) is 25.1. The van der Waals surface area contributed by atoms with E-state index < -0.39 is 6.10 Å². The van der Waals surface area contributed by atoms with E-state index in [-0.39, 0.29) is 11.8 Å². The van der Waals surface area contributed by atoms with Crippen LogP contribution in [0.15, 0.2) is 42.5 Å². The first-order valence-electron chi connectivity index (χ1n) is 13.4. The lowest BCUT2D eigenvalue weighted by Crippen LogP contribution is -2.46. The predicted molar refractivity (Wildman–Crippen MR) is 141 cm³/mol. The van der Waals surface area contributed by atoms with Crippen LogP contribution >= 0.6 is 0 Å². The van der Waals surface area contributed by atoms with Crippen molar-refractivity contribution in [1.29, 1.82) is 0 Å². The molecule has 2 unspecified atom stereocenters. The second kappa shape index (κ2) is 11.0. The third kappa shape index (κ3) is 5.73. The number of amides is 2. The van der Waals surface area contributed by atoms with Crippen molar-refractivity contribution in [1.82, 2.24) is 14.7 Å². The normalized spacial score (nSPS) is 21.4. The van der Waals surface area contributed by atoms with Crippen LogP contribution in [0, 0.1) is 0 Å². The lowest BCUT2D eigenvalue weighted by molar-refractivity contribution is -0.128. The molecule has 3 heterocycles. The first kappa shape index (κ1) is 24.8. The average molecular weight is 491 g/mol. The van der Waals surface area contributed by atoms with Crippen molar-refractivity contribution in [3.8, 4) is 0 Å². The van der Waals surface area contributed by atoms with Gasteiger partial charge in [0.25, 0.3) is 5.91 Å². The van der Waals surface area contributed by atoms with E-state index in [9.17, 15) is 14.7 Å². The lowest BCUT2D eigenvalue weighted by Gasteiger charge is -2.34. The summed E-state index contributed by atoms with van der Waals surface area (Å²) in [4.78, 5) is 30.9. The van der Waals surface area contributed by atoms with E-state index in [1.807, 2.05) is 17.0 Å². The van der Waals surface area contributed by atoms with Crippen LogP contribution in [0.4, 0.5) is 5.69 Å². The molecule has 0 radical (unpaired) electrons. The molecular formula is C29H38N4O3. The number of β-amino-alcohol motifs (C(OH)–C–C–N with tert-alkyl or cyclic N) is 1. The molecule has 36 heavy (non-hydrogen) atoms. The van der Waals surface area contributed by atoms with Crippen molar-refractivity contribution in [3.05, 3.63) is 64.7 Å². The number of benzene rings is 2. The molecule has 3 aliphatic rings. The topological polar surface area (TPSA) is 76.1 Å². The number of fused-ring (bicyclic) bond motifs is 2. The highest BCUT2D eigenvalue weighted by Gasteiger charge is 2.28. The molecule has 2 N–H and O–H groups in total. The van der Waals surface area contributed by atoms with Gasteiger partial charge in [-0.2, -0.15) is 0 Å². The van der Waals surface area contributed by atoms with E-state index in [0.29, 0.717) is 25.7 Å². The van der Waals surface area contributed by atoms with Gasteiger partial charge in [0.05, 0.1) is 6.10 Å². The van der Waals surface area contributed by atoms with Crippen molar-refractivity contribution in [2.24, 2.45) is 0 Å². The summed E-state index contributed by atoms with van der Waals surface area (Å²) in [6, 6.07) is 14.9. The summed E-state index contributed by atoms with van der Waals surface area (Å²) in [7, 11) is 0. The highest BCUT2D eigenvalue weighted by atomic mass is 16.3. The molecule has 0 aliphatic carbocycles. The fraction of sp³-hybridized carbons (Fsp3) is 0.517. The minimum absolute atomic E-state index is 0.0115. The third-order valence-electron chi connectivity index (χ3n) is 7.93. The van der Waals surface area contributed by atoms with Crippen LogP contribution in [0.2, 0.25) is 0 Å². The molecule has 3 aliphatic heterocycles. The number of hydrogen-bond donors (Lipinski definition) is 2. The zero-order valence-corrected chi connectivity index (χ0v) is 21.3. The number of nitrogens with one attached hydrogen (secondary N) is 1. The van der Waals surface area contributed by atoms with Gasteiger partial charge in [0.15, 0.2) is 0 Å². The third-order valence-corrected chi connectivity index (χ3v) is 7.93. The number of rotatable bonds is 6. The maximum atomic E-state index is 13.2. The number of carbonyl (C=O) groups is 2. The van der Waals surface area contributed by atoms with E-state index in [0.717, 1.165) is 75.1 Å². The Balaban J connectivity index is 1.15. The summed E-state index contributed by atoms with van der Waals surface area (Å²) in [5.41, 5.74) is 5.60. The van der Waals surface area contributed by atoms with E-state index >= 15 is 0 Å². The lowest BCUT2D eigenvalue weighted by atomic mass is 9.97. The molecule has 2 aromatic carbocycles. The van der Waals surface area contributed by atoms with Gasteiger partial charge in [-0.25, -0.2) is 0 Å². The second-order valence-electron chi connectivity index (χ2n) is 10.6. The van der Waals surface area contributed by atoms with Crippen molar-refractivity contribution in [2.75, 3.05) is 44.6 Å². The Morgan fingerprint density at radius 1 is 1.00 bits per heavy atom. The molecule has 7 nitrogen and oxygen atoms in total. The van der Waals surface area contributed by atoms with Crippen LogP contribution < -0.4 is 5.32 Å². The second-order valence-corrected chi connectivity index (χ2v) is 10.6. The summed E-state index contributed by atoms with van der Waals surface area (Å²) < 4.78 is 0. The summed E-state index contributed by atoms with van der Waals surface area (Å²) in [6.07, 6.45) is 4.21. The molecular weight excluding hydrogens is 452 g/mol. The van der Waals surface area contributed by atoms with Crippen molar-refractivity contribution < 1.29 is 14.7 Å². The van der Waals surface area contributed by atoms with Gasteiger partial charge < -0.3 is 20.2 Å². The molecule has 0 saturated carbocycles. The van der Waals surface area contributed by atoms with Crippen LogP contribution in [0.5, 0.6) is 0 Å². The number of hydrogen-bond acceptors (Lipinski definition) is 5. The number of carbonyl (C=O) groups excluding carboxylic acids is 2. The summed E-state index contributed by atoms with van der Waals surface area (Å²) in [5.74, 6) is 0.163. The van der Waals surface area contributed by atoms with Gasteiger partial charge in [-0.15, -0.1) is 0 Å². The monoisotopic (exact) mass is 490 g/mol. The molecule has 1 fully saturated rings. The Labute approximate surface area is 214 Å². The van der Waals surface area contributed by atoms with Gasteiger partial charge >= 0.3 is 0 Å². The minimum Gasteiger partial charge on any atom is -0.390 e. The maximum Gasteiger partial charge on any atom is 0.254 e. The Kier molecular flexibility index (Phi) is 7.58. The summed E-state index contributed by atoms with van der Waals surface area (Å²) >= 11 is 0. The van der Waals surface area contributed by atoms with Crippen LogP contribution in [0.25, 0.3) is 0 Å². The molecule has 0 aromatic heterocycles. The summed E-state index contributed by atoms with van der Waals surface area (Å²) in [6.45, 7) is 6.63. The van der Waals surface area contributed by atoms with Crippen LogP contribution in [-0.2, 0) is 24.2 Å². The van der Waals surface area contributed by atoms with Gasteiger partial charge in [-0.05, 0) is 67.0 Å². The molecule has 2 atom stereocenters. The highest BCUT2D eigenvalue weighted by Crippen LogP contribution is 2.25. The van der Waals surface area contributed by atoms with E-state index in [4.69, 9.17) is 0 Å². The highest BCUT2D eigenvalue weighted by molar-refractivity contribution is 5.97. The molecule has 1 saturated heterocycles. The molecule has 7 heteroatoms. The maximum absolute atomic E-state index is 13.2. The van der Waals surface area contributed by atoms with Crippen molar-refractivity contribution in [3.63, 3.8) is 0 Å². The molecule has 2 aromatic rings.